The zero-order chi connectivity index (χ0) is 21.1. The van der Waals surface area contributed by atoms with E-state index in [0.29, 0.717) is 25.3 Å². The molecule has 5 nitrogen and oxygen atoms in total. The summed E-state index contributed by atoms with van der Waals surface area (Å²) in [6, 6.07) is 18.5. The lowest BCUT2D eigenvalue weighted by Gasteiger charge is -2.41. The van der Waals surface area contributed by atoms with Gasteiger partial charge in [0.25, 0.3) is 5.91 Å². The molecule has 6 heteroatoms. The lowest BCUT2D eigenvalue weighted by molar-refractivity contribution is -0.0392. The van der Waals surface area contributed by atoms with Crippen LogP contribution in [0.3, 0.4) is 0 Å². The number of fused-ring (bicyclic) bond motifs is 4. The average Bonchev–Trinajstić information content (AvgIpc) is 3.41. The van der Waals surface area contributed by atoms with Crippen LogP contribution < -0.4 is 5.32 Å². The minimum atomic E-state index is -0.382. The summed E-state index contributed by atoms with van der Waals surface area (Å²) < 4.78 is 22.3. The van der Waals surface area contributed by atoms with Crippen molar-refractivity contribution in [3.63, 3.8) is 0 Å². The molecule has 1 amide bonds. The molecule has 3 aliphatic heterocycles. The molecule has 1 N–H and O–H groups in total. The molecular weight excluding hydrogens is 393 g/mol. The summed E-state index contributed by atoms with van der Waals surface area (Å²) in [5, 5.41) is 3.78. The molecule has 0 saturated carbocycles. The highest BCUT2D eigenvalue weighted by molar-refractivity contribution is 5.94. The predicted molar refractivity (Wildman–Crippen MR) is 116 cm³/mol. The van der Waals surface area contributed by atoms with Crippen LogP contribution in [0, 0.1) is 5.82 Å². The van der Waals surface area contributed by atoms with Gasteiger partial charge in [-0.2, -0.15) is 0 Å². The van der Waals surface area contributed by atoms with Gasteiger partial charge in [-0.05, 0) is 55.3 Å². The van der Waals surface area contributed by atoms with Gasteiger partial charge < -0.3 is 19.5 Å². The van der Waals surface area contributed by atoms with Crippen LogP contribution in [0.15, 0.2) is 66.9 Å². The SMILES string of the molecule is O=C(c1cccc(F)c1)N1CCC2(CC1)C[C@]1(CO2)Nc2ccccc2-n2cccc21. The Labute approximate surface area is 180 Å². The maximum absolute atomic E-state index is 13.5. The standard InChI is InChI=1S/C25H24FN3O2/c26-19-6-3-5-18(15-19)23(30)28-13-10-24(11-14-28)16-25(17-31-24)22-9-4-12-29(22)21-8-2-1-7-20(21)27-25/h1-9,12,15,27H,10-11,13-14,16-17H2/t25-/m1/s1. The predicted octanol–water partition coefficient (Wildman–Crippen LogP) is 4.33. The fraction of sp³-hybridized carbons (Fsp3) is 0.320. The highest BCUT2D eigenvalue weighted by Crippen LogP contribution is 2.50. The first kappa shape index (κ1) is 18.6. The Morgan fingerprint density at radius 1 is 1.03 bits per heavy atom. The number of aromatic nitrogens is 1. The number of para-hydroxylation sites is 2. The van der Waals surface area contributed by atoms with E-state index >= 15 is 0 Å². The van der Waals surface area contributed by atoms with E-state index in [2.05, 4.69) is 52.5 Å². The summed E-state index contributed by atoms with van der Waals surface area (Å²) >= 11 is 0. The van der Waals surface area contributed by atoms with Crippen molar-refractivity contribution >= 4 is 11.6 Å². The second-order valence-electron chi connectivity index (χ2n) is 8.94. The molecule has 0 unspecified atom stereocenters. The van der Waals surface area contributed by atoms with E-state index < -0.39 is 0 Å². The van der Waals surface area contributed by atoms with Crippen molar-refractivity contribution in [3.8, 4) is 5.69 Å². The lowest BCUT2D eigenvalue weighted by Crippen LogP contribution is -2.48. The van der Waals surface area contributed by atoms with E-state index in [1.54, 1.807) is 12.1 Å². The molecule has 2 fully saturated rings. The molecule has 2 aromatic carbocycles. The number of benzene rings is 2. The van der Waals surface area contributed by atoms with Crippen LogP contribution in [-0.4, -0.2) is 40.7 Å². The van der Waals surface area contributed by atoms with Gasteiger partial charge in [0.15, 0.2) is 0 Å². The van der Waals surface area contributed by atoms with Gasteiger partial charge in [-0.15, -0.1) is 0 Å². The van der Waals surface area contributed by atoms with E-state index in [1.807, 2.05) is 4.90 Å². The molecule has 4 heterocycles. The number of ether oxygens (including phenoxy) is 1. The van der Waals surface area contributed by atoms with Crippen molar-refractivity contribution in [3.05, 3.63) is 83.9 Å². The Morgan fingerprint density at radius 3 is 2.71 bits per heavy atom. The first-order chi connectivity index (χ1) is 15.1. The normalized spacial score (nSPS) is 23.5. The monoisotopic (exact) mass is 417 g/mol. The third-order valence-electron chi connectivity index (χ3n) is 7.06. The molecule has 158 valence electrons. The van der Waals surface area contributed by atoms with Crippen LogP contribution in [0.5, 0.6) is 0 Å². The zero-order valence-electron chi connectivity index (χ0n) is 17.2. The fourth-order valence-corrected chi connectivity index (χ4v) is 5.51. The first-order valence-corrected chi connectivity index (χ1v) is 10.8. The quantitative estimate of drug-likeness (QED) is 0.641. The molecule has 3 aromatic rings. The smallest absolute Gasteiger partial charge is 0.253 e. The molecule has 2 spiro atoms. The number of nitrogens with zero attached hydrogens (tertiary/aromatic N) is 2. The minimum absolute atomic E-state index is 0.111. The van der Waals surface area contributed by atoms with Crippen molar-refractivity contribution in [1.29, 1.82) is 0 Å². The van der Waals surface area contributed by atoms with Crippen LogP contribution in [0.1, 0.15) is 35.3 Å². The van der Waals surface area contributed by atoms with Crippen molar-refractivity contribution in [1.82, 2.24) is 9.47 Å². The van der Waals surface area contributed by atoms with E-state index in [0.717, 1.165) is 30.6 Å². The summed E-state index contributed by atoms with van der Waals surface area (Å²) in [6.45, 7) is 1.83. The highest BCUT2D eigenvalue weighted by Gasteiger charge is 2.54. The molecule has 0 radical (unpaired) electrons. The number of halogens is 1. The summed E-state index contributed by atoms with van der Waals surface area (Å²) in [7, 11) is 0. The fourth-order valence-electron chi connectivity index (χ4n) is 5.51. The number of rotatable bonds is 1. The van der Waals surface area contributed by atoms with Gasteiger partial charge in [-0.25, -0.2) is 4.39 Å². The van der Waals surface area contributed by atoms with Gasteiger partial charge in [-0.3, -0.25) is 4.79 Å². The summed E-state index contributed by atoms with van der Waals surface area (Å²) in [6.07, 6.45) is 4.53. The Bertz CT molecular complexity index is 1160. The van der Waals surface area contributed by atoms with Crippen LogP contribution in [0.25, 0.3) is 5.69 Å². The Morgan fingerprint density at radius 2 is 1.87 bits per heavy atom. The molecule has 31 heavy (non-hydrogen) atoms. The third kappa shape index (κ3) is 2.89. The number of likely N-dealkylation sites (tertiary alicyclic amines) is 1. The van der Waals surface area contributed by atoms with Crippen molar-refractivity contribution in [2.75, 3.05) is 25.0 Å². The largest absolute Gasteiger partial charge is 0.372 e. The van der Waals surface area contributed by atoms with E-state index in [-0.39, 0.29) is 22.9 Å². The summed E-state index contributed by atoms with van der Waals surface area (Å²) in [5.41, 5.74) is 3.37. The number of carbonyl (C=O) groups excluding carboxylic acids is 1. The van der Waals surface area contributed by atoms with E-state index in [9.17, 15) is 9.18 Å². The number of nitrogens with one attached hydrogen (secondary N) is 1. The van der Waals surface area contributed by atoms with Crippen LogP contribution in [0.4, 0.5) is 10.1 Å². The Balaban J connectivity index is 1.22. The van der Waals surface area contributed by atoms with Crippen molar-refractivity contribution in [2.24, 2.45) is 0 Å². The molecule has 6 rings (SSSR count). The van der Waals surface area contributed by atoms with Crippen LogP contribution >= 0.6 is 0 Å². The molecule has 2 saturated heterocycles. The van der Waals surface area contributed by atoms with Crippen LogP contribution in [-0.2, 0) is 10.3 Å². The van der Waals surface area contributed by atoms with Crippen molar-refractivity contribution in [2.45, 2.75) is 30.4 Å². The Kier molecular flexibility index (Phi) is 4.02. The second kappa shape index (κ2) is 6.69. The van der Waals surface area contributed by atoms with E-state index in [1.165, 1.54) is 17.8 Å². The Hall–Kier alpha value is -3.12. The highest BCUT2D eigenvalue weighted by atomic mass is 19.1. The van der Waals surface area contributed by atoms with Crippen molar-refractivity contribution < 1.29 is 13.9 Å². The third-order valence-corrected chi connectivity index (χ3v) is 7.06. The molecule has 0 bridgehead atoms. The molecule has 1 atom stereocenters. The number of piperidine rings is 1. The minimum Gasteiger partial charge on any atom is -0.372 e. The molecular formula is C25H24FN3O2. The number of amides is 1. The van der Waals surface area contributed by atoms with Gasteiger partial charge in [0, 0.05) is 31.3 Å². The number of hydrogen-bond donors (Lipinski definition) is 1. The number of anilines is 1. The van der Waals surface area contributed by atoms with E-state index in [4.69, 9.17) is 4.74 Å². The molecule has 1 aromatic heterocycles. The van der Waals surface area contributed by atoms with Gasteiger partial charge >= 0.3 is 0 Å². The average molecular weight is 417 g/mol. The summed E-state index contributed by atoms with van der Waals surface area (Å²) in [5.74, 6) is -0.493. The van der Waals surface area contributed by atoms with Crippen LogP contribution in [0.2, 0.25) is 0 Å². The molecule has 3 aliphatic rings. The number of carbonyl (C=O) groups is 1. The summed E-state index contributed by atoms with van der Waals surface area (Å²) in [4.78, 5) is 14.6. The first-order valence-electron chi connectivity index (χ1n) is 10.8. The number of hydrogen-bond acceptors (Lipinski definition) is 3. The topological polar surface area (TPSA) is 46.5 Å². The van der Waals surface area contributed by atoms with Gasteiger partial charge in [0.2, 0.25) is 0 Å². The second-order valence-corrected chi connectivity index (χ2v) is 8.94. The van der Waals surface area contributed by atoms with Gasteiger partial charge in [0.1, 0.15) is 11.4 Å². The molecule has 0 aliphatic carbocycles. The van der Waals surface area contributed by atoms with Gasteiger partial charge in [-0.1, -0.05) is 18.2 Å². The zero-order valence-corrected chi connectivity index (χ0v) is 17.2. The van der Waals surface area contributed by atoms with Gasteiger partial charge in [0.05, 0.1) is 29.3 Å². The maximum Gasteiger partial charge on any atom is 0.253 e. The maximum atomic E-state index is 13.5. The lowest BCUT2D eigenvalue weighted by atomic mass is 9.79.